The number of amides is 1. The average molecular weight is 311 g/mol. The van der Waals surface area contributed by atoms with Gasteiger partial charge in [0.25, 0.3) is 5.91 Å². The van der Waals surface area contributed by atoms with Gasteiger partial charge in [-0.05, 0) is 48.7 Å². The number of carbonyl (C=O) groups excluding carboxylic acids is 1. The summed E-state index contributed by atoms with van der Waals surface area (Å²) < 4.78 is 5.52. The molecule has 2 aromatic carbocycles. The molecule has 3 rings (SSSR count). The van der Waals surface area contributed by atoms with Crippen LogP contribution in [0.2, 0.25) is 0 Å². The van der Waals surface area contributed by atoms with Gasteiger partial charge in [0.15, 0.2) is 6.61 Å². The number of ether oxygens (including phenoxy) is 1. The van der Waals surface area contributed by atoms with Crippen LogP contribution in [-0.2, 0) is 4.79 Å². The second-order valence-corrected chi connectivity index (χ2v) is 5.69. The topological polar surface area (TPSA) is 62.4 Å². The summed E-state index contributed by atoms with van der Waals surface area (Å²) in [6.07, 6.45) is 1.04. The molecule has 1 heterocycles. The van der Waals surface area contributed by atoms with Crippen LogP contribution in [0, 0.1) is 6.92 Å². The molecule has 5 nitrogen and oxygen atoms in total. The second kappa shape index (κ2) is 7.26. The van der Waals surface area contributed by atoms with Crippen LogP contribution in [0.25, 0.3) is 0 Å². The van der Waals surface area contributed by atoms with Crippen molar-refractivity contribution in [3.63, 3.8) is 0 Å². The molecule has 0 aromatic heterocycles. The Kier molecular flexibility index (Phi) is 4.90. The molecule has 1 amide bonds. The number of anilines is 1. The van der Waals surface area contributed by atoms with Crippen LogP contribution in [0.1, 0.15) is 23.6 Å². The van der Waals surface area contributed by atoms with E-state index in [0.717, 1.165) is 29.8 Å². The lowest BCUT2D eigenvalue weighted by molar-refractivity contribution is -0.118. The molecule has 0 bridgehead atoms. The number of nitrogens with one attached hydrogen (secondary N) is 3. The van der Waals surface area contributed by atoms with Gasteiger partial charge >= 0.3 is 0 Å². The highest BCUT2D eigenvalue weighted by Gasteiger charge is 2.16. The monoisotopic (exact) mass is 311 g/mol. The summed E-state index contributed by atoms with van der Waals surface area (Å²) in [5.41, 5.74) is 9.39. The molecule has 5 heteroatoms. The molecule has 1 unspecified atom stereocenters. The minimum atomic E-state index is -0.166. The van der Waals surface area contributed by atoms with Crippen LogP contribution in [-0.4, -0.2) is 19.1 Å². The van der Waals surface area contributed by atoms with Crippen molar-refractivity contribution < 1.29 is 9.53 Å². The number of hydrogen-bond acceptors (Lipinski definition) is 4. The third kappa shape index (κ3) is 4.31. The quantitative estimate of drug-likeness (QED) is 0.794. The first-order valence-electron chi connectivity index (χ1n) is 7.78. The Morgan fingerprint density at radius 1 is 1.26 bits per heavy atom. The average Bonchev–Trinajstić information content (AvgIpc) is 3.08. The maximum absolute atomic E-state index is 12.0. The molecule has 0 aliphatic carbocycles. The number of carbonyl (C=O) groups is 1. The Morgan fingerprint density at radius 3 is 2.91 bits per heavy atom. The van der Waals surface area contributed by atoms with Gasteiger partial charge in [-0.25, -0.2) is 0 Å². The molecule has 23 heavy (non-hydrogen) atoms. The molecule has 1 aliphatic rings. The predicted molar refractivity (Wildman–Crippen MR) is 90.2 cm³/mol. The molecular weight excluding hydrogens is 290 g/mol. The second-order valence-electron chi connectivity index (χ2n) is 5.69. The lowest BCUT2D eigenvalue weighted by atomic mass is 10.1. The van der Waals surface area contributed by atoms with E-state index in [-0.39, 0.29) is 18.6 Å². The molecule has 1 aliphatic heterocycles. The summed E-state index contributed by atoms with van der Waals surface area (Å²) in [7, 11) is 0. The fraction of sp³-hybridized carbons (Fsp3) is 0.278. The summed E-state index contributed by atoms with van der Waals surface area (Å²) in [6.45, 7) is 2.94. The minimum absolute atomic E-state index is 0.00306. The standard InChI is InChI=1S/C18H21N3O2/c1-13-4-2-7-16(10-13)23-12-18(22)20-15-6-3-5-14(11-15)17-8-9-19-21-17/h2-7,10-11,17,19,21H,8-9,12H2,1H3,(H,20,22). The van der Waals surface area contributed by atoms with Gasteiger partial charge in [-0.1, -0.05) is 24.3 Å². The van der Waals surface area contributed by atoms with E-state index in [4.69, 9.17) is 4.74 Å². The smallest absolute Gasteiger partial charge is 0.262 e. The predicted octanol–water partition coefficient (Wildman–Crippen LogP) is 2.55. The number of aryl methyl sites for hydroxylation is 1. The number of hydrazine groups is 1. The SMILES string of the molecule is Cc1cccc(OCC(=O)Nc2cccc(C3CCNN3)c2)c1. The molecule has 120 valence electrons. The van der Waals surface area contributed by atoms with Gasteiger partial charge in [-0.3, -0.25) is 15.6 Å². The summed E-state index contributed by atoms with van der Waals surface area (Å²) in [5, 5.41) is 2.88. The molecule has 1 atom stereocenters. The lowest BCUT2D eigenvalue weighted by Crippen LogP contribution is -2.24. The van der Waals surface area contributed by atoms with Crippen molar-refractivity contribution in [3.05, 3.63) is 59.7 Å². The Hall–Kier alpha value is -2.37. The largest absolute Gasteiger partial charge is 0.484 e. The van der Waals surface area contributed by atoms with Gasteiger partial charge in [0.2, 0.25) is 0 Å². The molecular formula is C18H21N3O2. The van der Waals surface area contributed by atoms with Crippen molar-refractivity contribution in [1.82, 2.24) is 10.9 Å². The first-order valence-corrected chi connectivity index (χ1v) is 7.78. The molecule has 0 radical (unpaired) electrons. The van der Waals surface area contributed by atoms with E-state index in [2.05, 4.69) is 22.2 Å². The van der Waals surface area contributed by atoms with E-state index >= 15 is 0 Å². The highest BCUT2D eigenvalue weighted by atomic mass is 16.5. The van der Waals surface area contributed by atoms with Gasteiger partial charge in [0, 0.05) is 18.3 Å². The van der Waals surface area contributed by atoms with E-state index in [1.54, 1.807) is 0 Å². The lowest BCUT2D eigenvalue weighted by Gasteiger charge is -2.12. The van der Waals surface area contributed by atoms with Crippen LogP contribution in [0.3, 0.4) is 0 Å². The fourth-order valence-electron chi connectivity index (χ4n) is 2.62. The van der Waals surface area contributed by atoms with E-state index in [9.17, 15) is 4.79 Å². The van der Waals surface area contributed by atoms with Crippen LogP contribution >= 0.6 is 0 Å². The maximum atomic E-state index is 12.0. The first-order chi connectivity index (χ1) is 11.2. The Balaban J connectivity index is 1.56. The Labute approximate surface area is 136 Å². The highest BCUT2D eigenvalue weighted by molar-refractivity contribution is 5.91. The molecule has 3 N–H and O–H groups in total. The maximum Gasteiger partial charge on any atom is 0.262 e. The zero-order valence-electron chi connectivity index (χ0n) is 13.1. The van der Waals surface area contributed by atoms with Crippen molar-refractivity contribution in [2.75, 3.05) is 18.5 Å². The van der Waals surface area contributed by atoms with Crippen molar-refractivity contribution in [2.45, 2.75) is 19.4 Å². The van der Waals surface area contributed by atoms with Crippen molar-refractivity contribution >= 4 is 11.6 Å². The summed E-state index contributed by atoms with van der Waals surface area (Å²) >= 11 is 0. The van der Waals surface area contributed by atoms with E-state index < -0.39 is 0 Å². The van der Waals surface area contributed by atoms with Crippen molar-refractivity contribution in [1.29, 1.82) is 0 Å². The van der Waals surface area contributed by atoms with Crippen LogP contribution in [0.4, 0.5) is 5.69 Å². The van der Waals surface area contributed by atoms with Gasteiger partial charge in [-0.15, -0.1) is 0 Å². The van der Waals surface area contributed by atoms with Crippen molar-refractivity contribution in [2.24, 2.45) is 0 Å². The Morgan fingerprint density at radius 2 is 2.13 bits per heavy atom. The van der Waals surface area contributed by atoms with Gasteiger partial charge < -0.3 is 10.1 Å². The highest BCUT2D eigenvalue weighted by Crippen LogP contribution is 2.21. The summed E-state index contributed by atoms with van der Waals surface area (Å²) in [6, 6.07) is 15.8. The summed E-state index contributed by atoms with van der Waals surface area (Å²) in [4.78, 5) is 12.0. The van der Waals surface area contributed by atoms with Crippen LogP contribution < -0.4 is 20.9 Å². The third-order valence-electron chi connectivity index (χ3n) is 3.77. The summed E-state index contributed by atoms with van der Waals surface area (Å²) in [5.74, 6) is 0.538. The number of rotatable bonds is 5. The van der Waals surface area contributed by atoms with E-state index in [1.807, 2.05) is 49.4 Å². The first kappa shape index (κ1) is 15.5. The zero-order valence-corrected chi connectivity index (χ0v) is 13.1. The minimum Gasteiger partial charge on any atom is -0.484 e. The van der Waals surface area contributed by atoms with E-state index in [0.29, 0.717) is 5.75 Å². The zero-order chi connectivity index (χ0) is 16.1. The van der Waals surface area contributed by atoms with Gasteiger partial charge in [0.05, 0.1) is 0 Å². The van der Waals surface area contributed by atoms with Crippen LogP contribution in [0.5, 0.6) is 5.75 Å². The fourth-order valence-corrected chi connectivity index (χ4v) is 2.62. The Bertz CT molecular complexity index is 681. The molecule has 1 saturated heterocycles. The number of benzene rings is 2. The molecule has 1 fully saturated rings. The molecule has 0 saturated carbocycles. The van der Waals surface area contributed by atoms with Crippen molar-refractivity contribution in [3.8, 4) is 5.75 Å². The van der Waals surface area contributed by atoms with Gasteiger partial charge in [0.1, 0.15) is 5.75 Å². The number of hydrogen-bond donors (Lipinski definition) is 3. The van der Waals surface area contributed by atoms with Crippen LogP contribution in [0.15, 0.2) is 48.5 Å². The molecule has 0 spiro atoms. The molecule has 2 aromatic rings. The van der Waals surface area contributed by atoms with E-state index in [1.165, 1.54) is 0 Å². The third-order valence-corrected chi connectivity index (χ3v) is 3.77. The van der Waals surface area contributed by atoms with Gasteiger partial charge in [-0.2, -0.15) is 0 Å². The normalized spacial score (nSPS) is 17.0.